The molecule has 116 valence electrons. The lowest BCUT2D eigenvalue weighted by Gasteiger charge is -2.24. The fourth-order valence-corrected chi connectivity index (χ4v) is 2.39. The van der Waals surface area contributed by atoms with E-state index in [1.807, 2.05) is 12.1 Å². The molecule has 1 unspecified atom stereocenters. The molecule has 1 aromatic rings. The van der Waals surface area contributed by atoms with E-state index in [0.717, 1.165) is 17.7 Å². The number of carbonyl (C=O) groups excluding carboxylic acids is 1. The Morgan fingerprint density at radius 2 is 1.81 bits per heavy atom. The van der Waals surface area contributed by atoms with Gasteiger partial charge in [0.2, 0.25) is 5.91 Å². The molecule has 1 fully saturated rings. The molecule has 2 rings (SSSR count). The third kappa shape index (κ3) is 3.78. The molecular weight excluding hydrogens is 272 g/mol. The van der Waals surface area contributed by atoms with E-state index in [9.17, 15) is 4.79 Å². The summed E-state index contributed by atoms with van der Waals surface area (Å²) in [5.74, 6) is 2.19. The summed E-state index contributed by atoms with van der Waals surface area (Å²) in [5.41, 5.74) is 0.993. The van der Waals surface area contributed by atoms with Crippen LogP contribution in [0.15, 0.2) is 12.1 Å². The largest absolute Gasteiger partial charge is 0.496 e. The molecule has 2 N–H and O–H groups in total. The van der Waals surface area contributed by atoms with Gasteiger partial charge in [0.1, 0.15) is 5.75 Å². The van der Waals surface area contributed by atoms with Gasteiger partial charge < -0.3 is 24.8 Å². The molecule has 0 bridgehead atoms. The van der Waals surface area contributed by atoms with Gasteiger partial charge in [0.15, 0.2) is 11.5 Å². The number of nitrogens with one attached hydrogen (secondary N) is 2. The topological polar surface area (TPSA) is 68.8 Å². The van der Waals surface area contributed by atoms with Crippen LogP contribution in [0.3, 0.4) is 0 Å². The monoisotopic (exact) mass is 294 g/mol. The van der Waals surface area contributed by atoms with Gasteiger partial charge in [0, 0.05) is 37.2 Å². The molecular formula is C15H22N2O4. The van der Waals surface area contributed by atoms with Crippen LogP contribution in [0.4, 0.5) is 0 Å². The lowest BCUT2D eigenvalue weighted by Crippen LogP contribution is -2.45. The highest BCUT2D eigenvalue weighted by molar-refractivity contribution is 5.76. The summed E-state index contributed by atoms with van der Waals surface area (Å²) < 4.78 is 16.0. The van der Waals surface area contributed by atoms with Crippen LogP contribution in [0.2, 0.25) is 0 Å². The zero-order valence-electron chi connectivity index (χ0n) is 12.7. The van der Waals surface area contributed by atoms with Gasteiger partial charge >= 0.3 is 0 Å². The van der Waals surface area contributed by atoms with E-state index in [4.69, 9.17) is 14.2 Å². The number of ether oxygens (including phenoxy) is 3. The van der Waals surface area contributed by atoms with Crippen molar-refractivity contribution in [2.24, 2.45) is 0 Å². The van der Waals surface area contributed by atoms with Crippen LogP contribution in [-0.2, 0) is 11.3 Å². The van der Waals surface area contributed by atoms with Crippen LogP contribution in [0.1, 0.15) is 18.4 Å². The summed E-state index contributed by atoms with van der Waals surface area (Å²) in [5, 5.41) is 6.29. The van der Waals surface area contributed by atoms with Crippen molar-refractivity contribution in [3.05, 3.63) is 17.7 Å². The first-order valence-electron chi connectivity index (χ1n) is 6.97. The maximum absolute atomic E-state index is 11.1. The van der Waals surface area contributed by atoms with Gasteiger partial charge in [-0.15, -0.1) is 0 Å². The van der Waals surface area contributed by atoms with Crippen molar-refractivity contribution in [1.82, 2.24) is 10.6 Å². The average molecular weight is 294 g/mol. The Kier molecular flexibility index (Phi) is 5.27. The Hall–Kier alpha value is -1.95. The number of hydrogen-bond donors (Lipinski definition) is 2. The fraction of sp³-hybridized carbons (Fsp3) is 0.533. The van der Waals surface area contributed by atoms with Gasteiger partial charge in [-0.1, -0.05) is 0 Å². The first kappa shape index (κ1) is 15.4. The minimum Gasteiger partial charge on any atom is -0.496 e. The number of hydrogen-bond acceptors (Lipinski definition) is 5. The molecule has 1 atom stereocenters. The average Bonchev–Trinajstić information content (AvgIpc) is 2.53. The molecule has 1 aliphatic rings. The minimum atomic E-state index is 0.122. The molecule has 0 aliphatic carbocycles. The lowest BCUT2D eigenvalue weighted by atomic mass is 10.1. The number of rotatable bonds is 6. The molecule has 1 aromatic carbocycles. The van der Waals surface area contributed by atoms with Gasteiger partial charge in [-0.2, -0.15) is 0 Å². The Bertz CT molecular complexity index is 495. The predicted octanol–water partition coefficient (Wildman–Crippen LogP) is 1.08. The highest BCUT2D eigenvalue weighted by atomic mass is 16.5. The molecule has 0 aromatic heterocycles. The van der Waals surface area contributed by atoms with Crippen molar-refractivity contribution in [1.29, 1.82) is 0 Å². The first-order valence-corrected chi connectivity index (χ1v) is 6.97. The summed E-state index contributed by atoms with van der Waals surface area (Å²) in [7, 11) is 4.84. The molecule has 21 heavy (non-hydrogen) atoms. The normalized spacial score (nSPS) is 18.0. The van der Waals surface area contributed by atoms with Crippen LogP contribution in [0, 0.1) is 0 Å². The van der Waals surface area contributed by atoms with E-state index in [-0.39, 0.29) is 11.9 Å². The summed E-state index contributed by atoms with van der Waals surface area (Å²) in [6, 6.07) is 4.00. The second kappa shape index (κ2) is 7.17. The highest BCUT2D eigenvalue weighted by Gasteiger charge is 2.18. The minimum absolute atomic E-state index is 0.122. The predicted molar refractivity (Wildman–Crippen MR) is 79.0 cm³/mol. The number of benzene rings is 1. The zero-order chi connectivity index (χ0) is 15.2. The van der Waals surface area contributed by atoms with E-state index in [1.54, 1.807) is 21.3 Å². The molecule has 1 saturated heterocycles. The molecule has 1 heterocycles. The summed E-state index contributed by atoms with van der Waals surface area (Å²) in [6.07, 6.45) is 1.42. The van der Waals surface area contributed by atoms with Crippen LogP contribution in [0.25, 0.3) is 0 Å². The SMILES string of the molecule is COc1cc(OC)c(OC)cc1CNC1CCC(=O)NC1. The molecule has 6 heteroatoms. The Labute approximate surface area is 124 Å². The maximum Gasteiger partial charge on any atom is 0.220 e. The summed E-state index contributed by atoms with van der Waals surface area (Å²) >= 11 is 0. The van der Waals surface area contributed by atoms with E-state index < -0.39 is 0 Å². The van der Waals surface area contributed by atoms with Crippen LogP contribution < -0.4 is 24.8 Å². The van der Waals surface area contributed by atoms with Crippen molar-refractivity contribution in [3.8, 4) is 17.2 Å². The number of piperidine rings is 1. The van der Waals surface area contributed by atoms with Crippen molar-refractivity contribution >= 4 is 5.91 Å². The molecule has 6 nitrogen and oxygen atoms in total. The second-order valence-corrected chi connectivity index (χ2v) is 4.94. The molecule has 0 saturated carbocycles. The molecule has 1 amide bonds. The van der Waals surface area contributed by atoms with Crippen LogP contribution >= 0.6 is 0 Å². The van der Waals surface area contributed by atoms with E-state index in [0.29, 0.717) is 31.0 Å². The lowest BCUT2D eigenvalue weighted by molar-refractivity contribution is -0.122. The summed E-state index contributed by atoms with van der Waals surface area (Å²) in [6.45, 7) is 1.30. The third-order valence-corrected chi connectivity index (χ3v) is 3.63. The smallest absolute Gasteiger partial charge is 0.220 e. The van der Waals surface area contributed by atoms with Crippen LogP contribution in [0.5, 0.6) is 17.2 Å². The Morgan fingerprint density at radius 1 is 1.14 bits per heavy atom. The van der Waals surface area contributed by atoms with Crippen molar-refractivity contribution in [2.75, 3.05) is 27.9 Å². The van der Waals surface area contributed by atoms with Gasteiger partial charge in [-0.25, -0.2) is 0 Å². The van der Waals surface area contributed by atoms with E-state index >= 15 is 0 Å². The zero-order valence-corrected chi connectivity index (χ0v) is 12.7. The number of carbonyl (C=O) groups is 1. The third-order valence-electron chi connectivity index (χ3n) is 3.63. The van der Waals surface area contributed by atoms with Gasteiger partial charge in [0.25, 0.3) is 0 Å². The first-order chi connectivity index (χ1) is 10.2. The van der Waals surface area contributed by atoms with Crippen molar-refractivity contribution in [2.45, 2.75) is 25.4 Å². The van der Waals surface area contributed by atoms with Gasteiger partial charge in [-0.3, -0.25) is 4.79 Å². The maximum atomic E-state index is 11.1. The van der Waals surface area contributed by atoms with Crippen molar-refractivity contribution in [3.63, 3.8) is 0 Å². The van der Waals surface area contributed by atoms with E-state index in [2.05, 4.69) is 10.6 Å². The molecule has 0 spiro atoms. The Balaban J connectivity index is 2.06. The van der Waals surface area contributed by atoms with Crippen LogP contribution in [-0.4, -0.2) is 39.8 Å². The molecule has 1 aliphatic heterocycles. The molecule has 0 radical (unpaired) electrons. The second-order valence-electron chi connectivity index (χ2n) is 4.94. The number of methoxy groups -OCH3 is 3. The number of amides is 1. The fourth-order valence-electron chi connectivity index (χ4n) is 2.39. The quantitative estimate of drug-likeness (QED) is 0.822. The summed E-state index contributed by atoms with van der Waals surface area (Å²) in [4.78, 5) is 11.1. The van der Waals surface area contributed by atoms with Crippen molar-refractivity contribution < 1.29 is 19.0 Å². The highest BCUT2D eigenvalue weighted by Crippen LogP contribution is 2.34. The standard InChI is InChI=1S/C15H22N2O4/c1-19-12-7-14(21-3)13(20-2)6-10(12)8-16-11-4-5-15(18)17-9-11/h6-7,11,16H,4-5,8-9H2,1-3H3,(H,17,18). The Morgan fingerprint density at radius 3 is 2.38 bits per heavy atom. The van der Waals surface area contributed by atoms with Gasteiger partial charge in [-0.05, 0) is 12.5 Å². The van der Waals surface area contributed by atoms with E-state index in [1.165, 1.54) is 0 Å². The van der Waals surface area contributed by atoms with Gasteiger partial charge in [0.05, 0.1) is 21.3 Å².